The fraction of sp³-hybridized carbons (Fsp3) is 0.474. The van der Waals surface area contributed by atoms with Crippen molar-refractivity contribution >= 4 is 41.6 Å². The number of amides is 1. The van der Waals surface area contributed by atoms with Crippen LogP contribution in [0.3, 0.4) is 0 Å². The van der Waals surface area contributed by atoms with Crippen LogP contribution in [0.25, 0.3) is 10.9 Å². The molecule has 0 atom stereocenters. The van der Waals surface area contributed by atoms with Gasteiger partial charge >= 0.3 is 0 Å². The maximum absolute atomic E-state index is 13.7. The maximum atomic E-state index is 13.7. The molecule has 0 spiro atoms. The van der Waals surface area contributed by atoms with Gasteiger partial charge in [0.1, 0.15) is 5.82 Å². The van der Waals surface area contributed by atoms with Gasteiger partial charge in [0.25, 0.3) is 5.91 Å². The molecule has 0 aliphatic heterocycles. The molecule has 144 valence electrons. The molecule has 1 aliphatic rings. The van der Waals surface area contributed by atoms with Crippen molar-refractivity contribution < 1.29 is 9.18 Å². The first-order chi connectivity index (χ1) is 11.3. The third-order valence-electron chi connectivity index (χ3n) is 4.58. The highest BCUT2D eigenvalue weighted by atomic mass is 35.5. The third kappa shape index (κ3) is 4.84. The molecule has 0 unspecified atom stereocenters. The Hall–Kier alpha value is -1.43. The first kappa shape index (κ1) is 22.6. The lowest BCUT2D eigenvalue weighted by atomic mass is 9.93. The molecule has 26 heavy (non-hydrogen) atoms. The topological polar surface area (TPSA) is 59.2 Å². The van der Waals surface area contributed by atoms with E-state index in [-0.39, 0.29) is 42.0 Å². The van der Waals surface area contributed by atoms with E-state index >= 15 is 0 Å². The number of rotatable bonds is 5. The average molecular weight is 402 g/mol. The summed E-state index contributed by atoms with van der Waals surface area (Å²) in [5, 5.41) is 0.571. The Kier molecular flexibility index (Phi) is 7.40. The fourth-order valence-electron chi connectivity index (χ4n) is 2.97. The first-order valence-corrected chi connectivity index (χ1v) is 8.36. The van der Waals surface area contributed by atoms with E-state index in [1.54, 1.807) is 18.0 Å². The lowest BCUT2D eigenvalue weighted by molar-refractivity contribution is 0.0742. The molecule has 1 heterocycles. The van der Waals surface area contributed by atoms with Crippen molar-refractivity contribution in [2.75, 3.05) is 20.1 Å². The summed E-state index contributed by atoms with van der Waals surface area (Å²) in [5.74, 6) is -0.0457. The van der Waals surface area contributed by atoms with Crippen LogP contribution in [0.1, 0.15) is 48.7 Å². The van der Waals surface area contributed by atoms with Crippen LogP contribution in [0, 0.1) is 11.2 Å². The summed E-state index contributed by atoms with van der Waals surface area (Å²) in [4.78, 5) is 19.3. The number of pyridine rings is 1. The predicted octanol–water partition coefficient (Wildman–Crippen LogP) is 4.15. The monoisotopic (exact) mass is 401 g/mol. The van der Waals surface area contributed by atoms with E-state index in [1.807, 2.05) is 19.9 Å². The smallest absolute Gasteiger partial charge is 0.254 e. The molecule has 1 saturated carbocycles. The van der Waals surface area contributed by atoms with Crippen molar-refractivity contribution in [3.8, 4) is 0 Å². The van der Waals surface area contributed by atoms with Gasteiger partial charge in [0.15, 0.2) is 0 Å². The van der Waals surface area contributed by atoms with Gasteiger partial charge in [0, 0.05) is 30.6 Å². The van der Waals surface area contributed by atoms with Crippen LogP contribution in [0.4, 0.5) is 4.39 Å². The summed E-state index contributed by atoms with van der Waals surface area (Å²) in [6, 6.07) is 6.28. The van der Waals surface area contributed by atoms with Gasteiger partial charge in [-0.3, -0.25) is 9.78 Å². The fourth-order valence-corrected chi connectivity index (χ4v) is 2.97. The lowest BCUT2D eigenvalue weighted by Gasteiger charge is -2.29. The van der Waals surface area contributed by atoms with Crippen molar-refractivity contribution in [3.05, 3.63) is 41.3 Å². The van der Waals surface area contributed by atoms with Crippen molar-refractivity contribution in [1.29, 1.82) is 0 Å². The number of nitrogens with two attached hydrogens (primary N) is 1. The van der Waals surface area contributed by atoms with E-state index in [1.165, 1.54) is 12.1 Å². The van der Waals surface area contributed by atoms with Gasteiger partial charge < -0.3 is 10.6 Å². The summed E-state index contributed by atoms with van der Waals surface area (Å²) in [6.07, 6.45) is 2.20. The van der Waals surface area contributed by atoms with E-state index in [0.717, 1.165) is 18.5 Å². The normalized spacial score (nSPS) is 13.7. The second-order valence-electron chi connectivity index (χ2n) is 7.56. The largest absolute Gasteiger partial charge is 0.341 e. The minimum Gasteiger partial charge on any atom is -0.341 e. The predicted molar refractivity (Wildman–Crippen MR) is 108 cm³/mol. The van der Waals surface area contributed by atoms with Crippen LogP contribution in [-0.4, -0.2) is 35.9 Å². The second kappa shape index (κ2) is 8.51. The van der Waals surface area contributed by atoms with E-state index in [9.17, 15) is 9.18 Å². The molecular weight excluding hydrogens is 376 g/mol. The number of nitrogens with zero attached hydrogens (tertiary/aromatic N) is 2. The second-order valence-corrected chi connectivity index (χ2v) is 7.56. The SMILES string of the molecule is CN(CC(C)(C)CN)C(=O)c1cc(C2CC2)nc2ccc(F)cc12.Cl.Cl. The number of benzene rings is 1. The molecule has 1 aromatic carbocycles. The van der Waals surface area contributed by atoms with Crippen molar-refractivity contribution in [1.82, 2.24) is 9.88 Å². The van der Waals surface area contributed by atoms with E-state index < -0.39 is 0 Å². The first-order valence-electron chi connectivity index (χ1n) is 8.36. The van der Waals surface area contributed by atoms with E-state index in [0.29, 0.717) is 35.5 Å². The summed E-state index contributed by atoms with van der Waals surface area (Å²) < 4.78 is 13.7. The van der Waals surface area contributed by atoms with Crippen LogP contribution in [0.2, 0.25) is 0 Å². The molecule has 0 bridgehead atoms. The zero-order valence-electron chi connectivity index (χ0n) is 15.3. The lowest BCUT2D eigenvalue weighted by Crippen LogP contribution is -2.39. The molecular formula is C19H26Cl2FN3O. The number of carbonyl (C=O) groups is 1. The van der Waals surface area contributed by atoms with Gasteiger partial charge in [-0.2, -0.15) is 0 Å². The number of aromatic nitrogens is 1. The van der Waals surface area contributed by atoms with Gasteiger partial charge in [0.2, 0.25) is 0 Å². The van der Waals surface area contributed by atoms with Gasteiger partial charge in [-0.15, -0.1) is 24.8 Å². The van der Waals surface area contributed by atoms with Crippen molar-refractivity contribution in [2.45, 2.75) is 32.6 Å². The Morgan fingerprint density at radius 3 is 2.54 bits per heavy atom. The Labute approximate surface area is 166 Å². The molecule has 1 aromatic heterocycles. The van der Waals surface area contributed by atoms with Crippen LogP contribution in [0.5, 0.6) is 0 Å². The molecule has 1 aliphatic carbocycles. The summed E-state index contributed by atoms with van der Waals surface area (Å²) in [6.45, 7) is 5.08. The van der Waals surface area contributed by atoms with Crippen LogP contribution in [-0.2, 0) is 0 Å². The van der Waals surface area contributed by atoms with Gasteiger partial charge in [0.05, 0.1) is 11.1 Å². The Morgan fingerprint density at radius 2 is 1.96 bits per heavy atom. The molecule has 1 amide bonds. The highest BCUT2D eigenvalue weighted by Gasteiger charge is 2.28. The van der Waals surface area contributed by atoms with Gasteiger partial charge in [-0.25, -0.2) is 4.39 Å². The Morgan fingerprint density at radius 1 is 1.31 bits per heavy atom. The molecule has 2 N–H and O–H groups in total. The number of hydrogen-bond acceptors (Lipinski definition) is 3. The van der Waals surface area contributed by atoms with E-state index in [2.05, 4.69) is 4.98 Å². The number of halogens is 3. The number of hydrogen-bond donors (Lipinski definition) is 1. The molecule has 4 nitrogen and oxygen atoms in total. The number of fused-ring (bicyclic) bond motifs is 1. The molecule has 2 aromatic rings. The quantitative estimate of drug-likeness (QED) is 0.818. The van der Waals surface area contributed by atoms with Crippen LogP contribution >= 0.6 is 24.8 Å². The summed E-state index contributed by atoms with van der Waals surface area (Å²) in [5.41, 5.74) is 7.75. The molecule has 7 heteroatoms. The average Bonchev–Trinajstić information content (AvgIpc) is 3.37. The standard InChI is InChI=1S/C19H24FN3O.2ClH/c1-19(2,10-21)11-23(3)18(24)15-9-17(12-4-5-12)22-16-7-6-13(20)8-14(15)16;;/h6-9,12H,4-5,10-11,21H2,1-3H3;2*1H. The zero-order chi connectivity index (χ0) is 17.5. The van der Waals surface area contributed by atoms with Crippen LogP contribution < -0.4 is 5.73 Å². The summed E-state index contributed by atoms with van der Waals surface area (Å²) >= 11 is 0. The zero-order valence-corrected chi connectivity index (χ0v) is 16.9. The highest BCUT2D eigenvalue weighted by molar-refractivity contribution is 6.06. The van der Waals surface area contributed by atoms with Gasteiger partial charge in [-0.05, 0) is 49.1 Å². The third-order valence-corrected chi connectivity index (χ3v) is 4.58. The highest BCUT2D eigenvalue weighted by Crippen LogP contribution is 2.40. The molecule has 0 radical (unpaired) electrons. The number of carbonyl (C=O) groups excluding carboxylic acids is 1. The maximum Gasteiger partial charge on any atom is 0.254 e. The minimum absolute atomic E-state index is 0. The van der Waals surface area contributed by atoms with Gasteiger partial charge in [-0.1, -0.05) is 13.8 Å². The van der Waals surface area contributed by atoms with Crippen molar-refractivity contribution in [3.63, 3.8) is 0 Å². The molecule has 1 fully saturated rings. The Bertz CT molecular complexity index is 794. The summed E-state index contributed by atoms with van der Waals surface area (Å²) in [7, 11) is 1.77. The van der Waals surface area contributed by atoms with E-state index in [4.69, 9.17) is 5.73 Å². The van der Waals surface area contributed by atoms with Crippen LogP contribution in [0.15, 0.2) is 24.3 Å². The molecule has 3 rings (SSSR count). The Balaban J connectivity index is 0.00000169. The molecule has 0 saturated heterocycles. The van der Waals surface area contributed by atoms with Crippen molar-refractivity contribution in [2.24, 2.45) is 11.1 Å². The minimum atomic E-state index is -0.359.